The molecule has 0 fully saturated rings. The first kappa shape index (κ1) is 17.3. The number of benzene rings is 1. The lowest BCUT2D eigenvalue weighted by molar-refractivity contribution is -0.885. The Balaban J connectivity index is 1.84. The van der Waals surface area contributed by atoms with E-state index < -0.39 is 15.9 Å². The second-order valence-electron chi connectivity index (χ2n) is 5.39. The Kier molecular flexibility index (Phi) is 5.50. The van der Waals surface area contributed by atoms with Crippen LogP contribution in [0.3, 0.4) is 0 Å². The summed E-state index contributed by atoms with van der Waals surface area (Å²) in [6.07, 6.45) is 1.50. The molecule has 5 nitrogen and oxygen atoms in total. The number of rotatable bonds is 5. The average molecular weight is 364 g/mol. The van der Waals surface area contributed by atoms with Gasteiger partial charge in [0.25, 0.3) is 5.91 Å². The third-order valence-electron chi connectivity index (χ3n) is 3.23. The van der Waals surface area contributed by atoms with E-state index in [2.05, 4.69) is 5.32 Å². The first-order valence-corrected chi connectivity index (χ1v) is 9.18. The molecule has 1 aliphatic heterocycles. The third kappa shape index (κ3) is 4.98. The van der Waals surface area contributed by atoms with Gasteiger partial charge in [0.05, 0.1) is 28.9 Å². The van der Waals surface area contributed by atoms with E-state index in [-0.39, 0.29) is 18.2 Å². The molecule has 0 spiro atoms. The van der Waals surface area contributed by atoms with Gasteiger partial charge < -0.3 is 10.2 Å². The Labute approximate surface area is 139 Å². The summed E-state index contributed by atoms with van der Waals surface area (Å²) in [7, 11) is -1.28. The molecule has 0 saturated heterocycles. The monoisotopic (exact) mass is 363 g/mol. The molecule has 2 N–H and O–H groups in total. The lowest BCUT2D eigenvalue weighted by Crippen LogP contribution is -3.09. The molecule has 2 rings (SSSR count). The van der Waals surface area contributed by atoms with Gasteiger partial charge in [-0.15, -0.1) is 0 Å². The van der Waals surface area contributed by atoms with E-state index in [4.69, 9.17) is 23.2 Å². The molecular weight excluding hydrogens is 347 g/mol. The number of halogens is 2. The van der Waals surface area contributed by atoms with E-state index >= 15 is 0 Å². The second-order valence-corrected chi connectivity index (χ2v) is 8.14. The smallest absolute Gasteiger partial charge is 0.275 e. The standard InChI is InChI=1S/C14H16Cl2N2O3S/c1-18(7-10-2-3-12(15)13(16)6-10)8-14(19)17-11-4-5-22(20,21)9-11/h2-6,11H,7-9H2,1H3,(H,17,19)/p+1/t11-/m0/s1. The molecule has 1 aromatic carbocycles. The predicted molar refractivity (Wildman–Crippen MR) is 86.8 cm³/mol. The van der Waals surface area contributed by atoms with Crippen LogP contribution < -0.4 is 10.2 Å². The molecule has 8 heteroatoms. The van der Waals surface area contributed by atoms with Gasteiger partial charge in [0.1, 0.15) is 6.54 Å². The first-order valence-electron chi connectivity index (χ1n) is 6.71. The molecule has 0 saturated carbocycles. The largest absolute Gasteiger partial charge is 0.344 e. The van der Waals surface area contributed by atoms with Crippen molar-refractivity contribution in [2.75, 3.05) is 19.3 Å². The van der Waals surface area contributed by atoms with E-state index in [1.54, 1.807) is 12.1 Å². The molecule has 1 heterocycles. The van der Waals surface area contributed by atoms with Gasteiger partial charge in [-0.05, 0) is 18.2 Å². The summed E-state index contributed by atoms with van der Waals surface area (Å²) in [5.74, 6) is -0.255. The summed E-state index contributed by atoms with van der Waals surface area (Å²) < 4.78 is 22.6. The van der Waals surface area contributed by atoms with Crippen LogP contribution in [0.4, 0.5) is 0 Å². The van der Waals surface area contributed by atoms with Gasteiger partial charge >= 0.3 is 0 Å². The summed E-state index contributed by atoms with van der Waals surface area (Å²) in [6.45, 7) is 0.855. The van der Waals surface area contributed by atoms with Crippen molar-refractivity contribution >= 4 is 38.9 Å². The lowest BCUT2D eigenvalue weighted by Gasteiger charge is -2.16. The topological polar surface area (TPSA) is 67.7 Å². The zero-order valence-corrected chi connectivity index (χ0v) is 14.3. The van der Waals surface area contributed by atoms with E-state index in [9.17, 15) is 13.2 Å². The molecular formula is C14H17Cl2N2O3S+. The molecule has 1 amide bonds. The van der Waals surface area contributed by atoms with Crippen LogP contribution in [0.5, 0.6) is 0 Å². The van der Waals surface area contributed by atoms with Gasteiger partial charge in [0.2, 0.25) is 0 Å². The van der Waals surface area contributed by atoms with Gasteiger partial charge in [-0.1, -0.05) is 29.3 Å². The number of nitrogens with one attached hydrogen (secondary N) is 2. The quantitative estimate of drug-likeness (QED) is 0.797. The Morgan fingerprint density at radius 2 is 2.09 bits per heavy atom. The summed E-state index contributed by atoms with van der Waals surface area (Å²) in [5, 5.41) is 4.82. The van der Waals surface area contributed by atoms with Gasteiger partial charge in [0, 0.05) is 11.0 Å². The molecule has 0 radical (unpaired) electrons. The van der Waals surface area contributed by atoms with Crippen molar-refractivity contribution in [2.45, 2.75) is 12.6 Å². The number of amides is 1. The summed E-state index contributed by atoms with van der Waals surface area (Å²) in [4.78, 5) is 12.9. The maximum absolute atomic E-state index is 11.9. The number of hydrogen-bond acceptors (Lipinski definition) is 3. The Bertz CT molecular complexity index is 704. The average Bonchev–Trinajstić information content (AvgIpc) is 2.72. The summed E-state index contributed by atoms with van der Waals surface area (Å²) in [5.41, 5.74) is 0.975. The highest BCUT2D eigenvalue weighted by Crippen LogP contribution is 2.22. The fraction of sp³-hybridized carbons (Fsp3) is 0.357. The van der Waals surface area contributed by atoms with Gasteiger partial charge in [0.15, 0.2) is 16.4 Å². The Morgan fingerprint density at radius 3 is 2.68 bits per heavy atom. The summed E-state index contributed by atoms with van der Waals surface area (Å²) in [6, 6.07) is 4.93. The molecule has 1 unspecified atom stereocenters. The second kappa shape index (κ2) is 7.00. The minimum atomic E-state index is -3.16. The fourth-order valence-electron chi connectivity index (χ4n) is 2.26. The fourth-order valence-corrected chi connectivity index (χ4v) is 3.81. The van der Waals surface area contributed by atoms with Crippen LogP contribution in [0.15, 0.2) is 29.7 Å². The zero-order chi connectivity index (χ0) is 16.3. The van der Waals surface area contributed by atoms with Crippen LogP contribution in [0.1, 0.15) is 5.56 Å². The molecule has 0 aliphatic carbocycles. The van der Waals surface area contributed by atoms with E-state index in [1.165, 1.54) is 6.08 Å². The van der Waals surface area contributed by atoms with E-state index in [1.807, 2.05) is 13.1 Å². The van der Waals surface area contributed by atoms with E-state index in [0.29, 0.717) is 16.6 Å². The van der Waals surface area contributed by atoms with Crippen molar-refractivity contribution in [1.82, 2.24) is 5.32 Å². The van der Waals surface area contributed by atoms with Crippen molar-refractivity contribution in [3.05, 3.63) is 45.3 Å². The molecule has 0 aromatic heterocycles. The lowest BCUT2D eigenvalue weighted by atomic mass is 10.2. The predicted octanol–water partition coefficient (Wildman–Crippen LogP) is 0.435. The maximum atomic E-state index is 11.9. The number of sulfone groups is 1. The molecule has 1 aliphatic rings. The summed E-state index contributed by atoms with van der Waals surface area (Å²) >= 11 is 11.8. The van der Waals surface area contributed by atoms with E-state index in [0.717, 1.165) is 15.9 Å². The van der Waals surface area contributed by atoms with Crippen LogP contribution in [0.25, 0.3) is 0 Å². The number of carbonyl (C=O) groups excluding carboxylic acids is 1. The number of hydrogen-bond donors (Lipinski definition) is 2. The highest BCUT2D eigenvalue weighted by Gasteiger charge is 2.24. The zero-order valence-electron chi connectivity index (χ0n) is 12.0. The number of carbonyl (C=O) groups is 1. The number of quaternary nitrogens is 1. The first-order chi connectivity index (χ1) is 10.2. The van der Waals surface area contributed by atoms with Crippen molar-refractivity contribution in [3.63, 3.8) is 0 Å². The molecule has 120 valence electrons. The van der Waals surface area contributed by atoms with Gasteiger partial charge in [-0.25, -0.2) is 8.42 Å². The molecule has 1 aromatic rings. The SMILES string of the molecule is C[NH+](CC(=O)N[C@H]1C=CS(=O)(=O)C1)Cc1ccc(Cl)c(Cl)c1. The van der Waals surface area contributed by atoms with Gasteiger partial charge in [-0.3, -0.25) is 4.79 Å². The number of likely N-dealkylation sites (N-methyl/N-ethyl adjacent to an activating group) is 1. The maximum Gasteiger partial charge on any atom is 0.275 e. The Morgan fingerprint density at radius 1 is 1.36 bits per heavy atom. The van der Waals surface area contributed by atoms with Crippen molar-refractivity contribution in [2.24, 2.45) is 0 Å². The Hall–Kier alpha value is -1.08. The highest BCUT2D eigenvalue weighted by molar-refractivity contribution is 7.94. The van der Waals surface area contributed by atoms with Crippen molar-refractivity contribution in [1.29, 1.82) is 0 Å². The highest BCUT2D eigenvalue weighted by atomic mass is 35.5. The van der Waals surface area contributed by atoms with Crippen LogP contribution in [-0.4, -0.2) is 39.7 Å². The van der Waals surface area contributed by atoms with Crippen LogP contribution in [0.2, 0.25) is 10.0 Å². The van der Waals surface area contributed by atoms with Crippen LogP contribution >= 0.6 is 23.2 Å². The van der Waals surface area contributed by atoms with Crippen molar-refractivity contribution in [3.8, 4) is 0 Å². The molecule has 0 bridgehead atoms. The molecule has 2 atom stereocenters. The van der Waals surface area contributed by atoms with Crippen LogP contribution in [0, 0.1) is 0 Å². The minimum Gasteiger partial charge on any atom is -0.344 e. The third-order valence-corrected chi connectivity index (χ3v) is 5.36. The molecule has 22 heavy (non-hydrogen) atoms. The van der Waals surface area contributed by atoms with Gasteiger partial charge in [-0.2, -0.15) is 0 Å². The van der Waals surface area contributed by atoms with Crippen LogP contribution in [-0.2, 0) is 21.2 Å². The normalized spacial score (nSPS) is 20.8. The minimum absolute atomic E-state index is 0.0649. The van der Waals surface area contributed by atoms with Crippen molar-refractivity contribution < 1.29 is 18.1 Å².